The van der Waals surface area contributed by atoms with E-state index in [9.17, 15) is 0 Å². The molecule has 2 unspecified atom stereocenters. The minimum Gasteiger partial charge on any atom is -0.329 e. The molecular formula is C18H28N2. The first-order valence-electron chi connectivity index (χ1n) is 8.07. The van der Waals surface area contributed by atoms with E-state index >= 15 is 0 Å². The summed E-state index contributed by atoms with van der Waals surface area (Å²) in [6.07, 6.45) is 7.36. The molecule has 2 atom stereocenters. The minimum atomic E-state index is 0.124. The zero-order valence-corrected chi connectivity index (χ0v) is 12.9. The van der Waals surface area contributed by atoms with E-state index in [2.05, 4.69) is 43.4 Å². The van der Waals surface area contributed by atoms with Gasteiger partial charge in [0.05, 0.1) is 0 Å². The fourth-order valence-electron chi connectivity index (χ4n) is 4.15. The lowest BCUT2D eigenvalue weighted by Gasteiger charge is -2.40. The Morgan fingerprint density at radius 1 is 1.20 bits per heavy atom. The standard InChI is InChI=1S/C18H28N2/c1-17(2)9-8-16(12-17)20-18(13-19)10-7-14-5-3-4-6-15(14)11-18/h3-6,16,20H,7-13,19H2,1-2H3. The van der Waals surface area contributed by atoms with Crippen molar-refractivity contribution in [3.05, 3.63) is 35.4 Å². The van der Waals surface area contributed by atoms with Gasteiger partial charge in [0.2, 0.25) is 0 Å². The molecule has 1 saturated carbocycles. The van der Waals surface area contributed by atoms with Crippen LogP contribution in [-0.4, -0.2) is 18.1 Å². The van der Waals surface area contributed by atoms with Crippen LogP contribution in [0.1, 0.15) is 50.7 Å². The van der Waals surface area contributed by atoms with Crippen molar-refractivity contribution in [3.63, 3.8) is 0 Å². The lowest BCUT2D eigenvalue weighted by Crippen LogP contribution is -2.57. The maximum Gasteiger partial charge on any atom is 0.0350 e. The van der Waals surface area contributed by atoms with Gasteiger partial charge in [0.1, 0.15) is 0 Å². The van der Waals surface area contributed by atoms with E-state index in [4.69, 9.17) is 5.73 Å². The fraction of sp³-hybridized carbons (Fsp3) is 0.667. The van der Waals surface area contributed by atoms with Gasteiger partial charge in [-0.1, -0.05) is 38.1 Å². The van der Waals surface area contributed by atoms with Gasteiger partial charge >= 0.3 is 0 Å². The van der Waals surface area contributed by atoms with Crippen LogP contribution in [0.15, 0.2) is 24.3 Å². The first-order valence-corrected chi connectivity index (χ1v) is 8.07. The van der Waals surface area contributed by atoms with Crippen molar-refractivity contribution < 1.29 is 0 Å². The first kappa shape index (κ1) is 14.1. The molecule has 0 aliphatic heterocycles. The molecule has 0 amide bonds. The number of aryl methyl sites for hydroxylation is 1. The zero-order valence-electron chi connectivity index (χ0n) is 12.9. The van der Waals surface area contributed by atoms with Crippen molar-refractivity contribution in [2.75, 3.05) is 6.54 Å². The van der Waals surface area contributed by atoms with E-state index in [1.165, 1.54) is 36.8 Å². The first-order chi connectivity index (χ1) is 9.52. The topological polar surface area (TPSA) is 38.0 Å². The second-order valence-corrected chi connectivity index (χ2v) is 7.68. The molecule has 110 valence electrons. The summed E-state index contributed by atoms with van der Waals surface area (Å²) < 4.78 is 0. The summed E-state index contributed by atoms with van der Waals surface area (Å²) in [7, 11) is 0. The van der Waals surface area contributed by atoms with Crippen LogP contribution in [-0.2, 0) is 12.8 Å². The highest BCUT2D eigenvalue weighted by atomic mass is 15.0. The molecule has 3 N–H and O–H groups in total. The summed E-state index contributed by atoms with van der Waals surface area (Å²) in [5, 5.41) is 3.95. The Morgan fingerprint density at radius 2 is 1.95 bits per heavy atom. The highest BCUT2D eigenvalue weighted by Gasteiger charge is 2.38. The molecule has 1 aromatic carbocycles. The maximum atomic E-state index is 6.18. The average molecular weight is 272 g/mol. The Morgan fingerprint density at radius 3 is 2.60 bits per heavy atom. The summed E-state index contributed by atoms with van der Waals surface area (Å²) in [4.78, 5) is 0. The molecule has 0 radical (unpaired) electrons. The average Bonchev–Trinajstić information content (AvgIpc) is 2.77. The summed E-state index contributed by atoms with van der Waals surface area (Å²) in [5.74, 6) is 0. The molecular weight excluding hydrogens is 244 g/mol. The highest BCUT2D eigenvalue weighted by molar-refractivity contribution is 5.32. The van der Waals surface area contributed by atoms with Crippen LogP contribution in [0, 0.1) is 5.41 Å². The quantitative estimate of drug-likeness (QED) is 0.887. The predicted molar refractivity (Wildman–Crippen MR) is 84.8 cm³/mol. The van der Waals surface area contributed by atoms with Gasteiger partial charge in [-0.05, 0) is 55.1 Å². The molecule has 0 heterocycles. The van der Waals surface area contributed by atoms with Gasteiger partial charge in [0.15, 0.2) is 0 Å². The molecule has 0 spiro atoms. The molecule has 1 aromatic rings. The number of hydrogen-bond acceptors (Lipinski definition) is 2. The van der Waals surface area contributed by atoms with E-state index in [0.29, 0.717) is 11.5 Å². The van der Waals surface area contributed by atoms with E-state index in [1.807, 2.05) is 0 Å². The Kier molecular flexibility index (Phi) is 3.64. The third kappa shape index (κ3) is 2.77. The maximum absolute atomic E-state index is 6.18. The van der Waals surface area contributed by atoms with Gasteiger partial charge in [-0.3, -0.25) is 0 Å². The molecule has 20 heavy (non-hydrogen) atoms. The van der Waals surface area contributed by atoms with Crippen molar-refractivity contribution in [1.29, 1.82) is 0 Å². The van der Waals surface area contributed by atoms with Crippen molar-refractivity contribution >= 4 is 0 Å². The predicted octanol–water partition coefficient (Wildman–Crippen LogP) is 3.04. The Balaban J connectivity index is 1.74. The largest absolute Gasteiger partial charge is 0.329 e. The van der Waals surface area contributed by atoms with Crippen LogP contribution in [0.2, 0.25) is 0 Å². The summed E-state index contributed by atoms with van der Waals surface area (Å²) in [6.45, 7) is 5.53. The number of benzene rings is 1. The van der Waals surface area contributed by atoms with Crippen molar-refractivity contribution in [2.24, 2.45) is 11.1 Å². The SMILES string of the molecule is CC1(C)CCC(NC2(CN)CCc3ccccc3C2)C1. The molecule has 2 heteroatoms. The van der Waals surface area contributed by atoms with Crippen LogP contribution in [0.25, 0.3) is 0 Å². The molecule has 2 nitrogen and oxygen atoms in total. The second-order valence-electron chi connectivity index (χ2n) is 7.68. The van der Waals surface area contributed by atoms with Crippen molar-refractivity contribution in [3.8, 4) is 0 Å². The minimum absolute atomic E-state index is 0.124. The lowest BCUT2D eigenvalue weighted by molar-refractivity contribution is 0.249. The Labute approximate surface area is 123 Å². The normalized spacial score (nSPS) is 32.0. The molecule has 0 aromatic heterocycles. The third-order valence-electron chi connectivity index (χ3n) is 5.39. The van der Waals surface area contributed by atoms with E-state index < -0.39 is 0 Å². The lowest BCUT2D eigenvalue weighted by atomic mass is 9.77. The van der Waals surface area contributed by atoms with Gasteiger partial charge in [-0.2, -0.15) is 0 Å². The fourth-order valence-corrected chi connectivity index (χ4v) is 4.15. The van der Waals surface area contributed by atoms with Crippen LogP contribution in [0.3, 0.4) is 0 Å². The number of fused-ring (bicyclic) bond motifs is 1. The van der Waals surface area contributed by atoms with Crippen LogP contribution < -0.4 is 11.1 Å². The monoisotopic (exact) mass is 272 g/mol. The molecule has 0 bridgehead atoms. The summed E-state index contributed by atoms with van der Waals surface area (Å²) in [6, 6.07) is 9.51. The van der Waals surface area contributed by atoms with E-state index in [1.54, 1.807) is 0 Å². The third-order valence-corrected chi connectivity index (χ3v) is 5.39. The number of rotatable bonds is 3. The second kappa shape index (κ2) is 5.16. The van der Waals surface area contributed by atoms with Gasteiger partial charge in [0, 0.05) is 18.1 Å². The van der Waals surface area contributed by atoms with Crippen LogP contribution >= 0.6 is 0 Å². The molecule has 2 aliphatic carbocycles. The van der Waals surface area contributed by atoms with Crippen molar-refractivity contribution in [2.45, 2.75) is 64.0 Å². The molecule has 3 rings (SSSR count). The van der Waals surface area contributed by atoms with E-state index in [0.717, 1.165) is 19.4 Å². The van der Waals surface area contributed by atoms with Gasteiger partial charge < -0.3 is 11.1 Å². The number of hydrogen-bond donors (Lipinski definition) is 2. The summed E-state index contributed by atoms with van der Waals surface area (Å²) >= 11 is 0. The van der Waals surface area contributed by atoms with Crippen LogP contribution in [0.5, 0.6) is 0 Å². The van der Waals surface area contributed by atoms with Gasteiger partial charge in [0.25, 0.3) is 0 Å². The highest BCUT2D eigenvalue weighted by Crippen LogP contribution is 2.39. The molecule has 0 saturated heterocycles. The molecule has 2 aliphatic rings. The smallest absolute Gasteiger partial charge is 0.0350 e. The van der Waals surface area contributed by atoms with Crippen LogP contribution in [0.4, 0.5) is 0 Å². The zero-order chi connectivity index (χ0) is 14.2. The van der Waals surface area contributed by atoms with E-state index in [-0.39, 0.29) is 5.54 Å². The number of nitrogens with two attached hydrogens (primary N) is 1. The Bertz CT molecular complexity index is 480. The van der Waals surface area contributed by atoms with Gasteiger partial charge in [-0.15, -0.1) is 0 Å². The number of nitrogens with one attached hydrogen (secondary N) is 1. The summed E-state index contributed by atoms with van der Waals surface area (Å²) in [5.41, 5.74) is 9.82. The van der Waals surface area contributed by atoms with Crippen molar-refractivity contribution in [1.82, 2.24) is 5.32 Å². The van der Waals surface area contributed by atoms with Gasteiger partial charge in [-0.25, -0.2) is 0 Å². The Hall–Kier alpha value is -0.860. The molecule has 1 fully saturated rings.